The van der Waals surface area contributed by atoms with Crippen LogP contribution in [0.4, 0.5) is 4.39 Å². The van der Waals surface area contributed by atoms with Gasteiger partial charge in [0.25, 0.3) is 5.91 Å². The second kappa shape index (κ2) is 10.0. The maximum Gasteiger partial charge on any atom is 0.254 e. The van der Waals surface area contributed by atoms with Crippen molar-refractivity contribution in [1.82, 2.24) is 9.80 Å². The van der Waals surface area contributed by atoms with Crippen LogP contribution in [-0.2, 0) is 11.2 Å². The number of rotatable bonds is 8. The number of ether oxygens (including phenoxy) is 3. The highest BCUT2D eigenvalue weighted by Crippen LogP contribution is 2.36. The van der Waals surface area contributed by atoms with Crippen LogP contribution in [0.15, 0.2) is 53.9 Å². The molecule has 2 aliphatic heterocycles. The Balaban J connectivity index is 1.21. The van der Waals surface area contributed by atoms with Gasteiger partial charge in [0.15, 0.2) is 23.1 Å². The van der Waals surface area contributed by atoms with Crippen molar-refractivity contribution in [2.45, 2.75) is 25.3 Å². The van der Waals surface area contributed by atoms with Gasteiger partial charge in [-0.25, -0.2) is 4.39 Å². The molecule has 1 aliphatic carbocycles. The summed E-state index contributed by atoms with van der Waals surface area (Å²) >= 11 is 1.66. The Morgan fingerprint density at radius 2 is 1.95 bits per heavy atom. The van der Waals surface area contributed by atoms with Gasteiger partial charge < -0.3 is 24.0 Å². The fourth-order valence-electron chi connectivity index (χ4n) is 4.90. The van der Waals surface area contributed by atoms with E-state index in [1.54, 1.807) is 57.5 Å². The first-order chi connectivity index (χ1) is 18.1. The summed E-state index contributed by atoms with van der Waals surface area (Å²) in [6, 6.07) is 13.0. The number of amides is 2. The molecule has 2 amide bonds. The lowest BCUT2D eigenvalue weighted by molar-refractivity contribution is -0.135. The molecule has 3 heterocycles. The summed E-state index contributed by atoms with van der Waals surface area (Å²) in [7, 11) is 0. The maximum atomic E-state index is 14.2. The van der Waals surface area contributed by atoms with E-state index >= 15 is 0 Å². The Morgan fingerprint density at radius 3 is 2.78 bits per heavy atom. The summed E-state index contributed by atoms with van der Waals surface area (Å²) in [4.78, 5) is 31.9. The van der Waals surface area contributed by atoms with Crippen molar-refractivity contribution in [3.8, 4) is 17.2 Å². The molecule has 3 aromatic rings. The van der Waals surface area contributed by atoms with Crippen LogP contribution in [0.3, 0.4) is 0 Å². The van der Waals surface area contributed by atoms with Crippen molar-refractivity contribution in [1.29, 1.82) is 0 Å². The van der Waals surface area contributed by atoms with Crippen molar-refractivity contribution < 1.29 is 28.2 Å². The molecule has 1 saturated carbocycles. The zero-order valence-electron chi connectivity index (χ0n) is 20.2. The number of carbonyl (C=O) groups excluding carboxylic acids is 2. The van der Waals surface area contributed by atoms with Crippen LogP contribution >= 0.6 is 11.3 Å². The highest BCUT2D eigenvalue weighted by Gasteiger charge is 2.35. The second-order valence-electron chi connectivity index (χ2n) is 9.59. The van der Waals surface area contributed by atoms with Crippen LogP contribution in [0, 0.1) is 11.7 Å². The Bertz CT molecular complexity index is 1320. The van der Waals surface area contributed by atoms with Gasteiger partial charge in [-0.1, -0.05) is 12.1 Å². The lowest BCUT2D eigenvalue weighted by atomic mass is 10.00. The third-order valence-corrected chi connectivity index (χ3v) is 8.05. The van der Waals surface area contributed by atoms with E-state index in [-0.39, 0.29) is 43.6 Å². The molecule has 6 rings (SSSR count). The van der Waals surface area contributed by atoms with Crippen molar-refractivity contribution >= 4 is 23.2 Å². The minimum Gasteiger partial charge on any atom is -0.488 e. The molecule has 1 fully saturated rings. The van der Waals surface area contributed by atoms with Crippen LogP contribution in [0.5, 0.6) is 17.2 Å². The molecule has 0 radical (unpaired) electrons. The summed E-state index contributed by atoms with van der Waals surface area (Å²) in [5.41, 5.74) is 1.49. The standard InChI is InChI=1S/C28H27FN2O5S/c29-21-3-1-2-4-23(21)34-16-22-20-10-12-37-26(20)9-11-31(22)27(32)15-30(14-18-5-6-18)28(33)19-7-8-24-25(13-19)36-17-35-24/h1-4,7-8,10,12-13,18,22H,5-6,9,11,14-17H2/t22-/m0/s1. The average molecular weight is 523 g/mol. The average Bonchev–Trinajstić information content (AvgIpc) is 3.38. The lowest BCUT2D eigenvalue weighted by Crippen LogP contribution is -2.48. The Kier molecular flexibility index (Phi) is 6.46. The van der Waals surface area contributed by atoms with Gasteiger partial charge in [0.05, 0.1) is 6.04 Å². The number of hydrogen-bond acceptors (Lipinski definition) is 6. The molecule has 0 unspecified atom stereocenters. The molecule has 1 atom stereocenters. The van der Waals surface area contributed by atoms with E-state index in [1.165, 1.54) is 10.9 Å². The molecule has 0 N–H and O–H groups in total. The van der Waals surface area contributed by atoms with Gasteiger partial charge in [0, 0.05) is 23.5 Å². The molecule has 2 aromatic carbocycles. The molecule has 0 saturated heterocycles. The number of carbonyl (C=O) groups is 2. The quantitative estimate of drug-likeness (QED) is 0.430. The van der Waals surface area contributed by atoms with Gasteiger partial charge in [-0.3, -0.25) is 9.59 Å². The van der Waals surface area contributed by atoms with E-state index in [4.69, 9.17) is 14.2 Å². The van der Waals surface area contributed by atoms with Crippen LogP contribution < -0.4 is 14.2 Å². The fourth-order valence-corrected chi connectivity index (χ4v) is 5.83. The maximum absolute atomic E-state index is 14.2. The SMILES string of the molecule is O=C(c1ccc2c(c1)OCO2)N(CC(=O)N1CCc2sccc2[C@@H]1COc1ccccc1F)CC1CC1. The van der Waals surface area contributed by atoms with Crippen LogP contribution in [-0.4, -0.2) is 54.6 Å². The van der Waals surface area contributed by atoms with E-state index in [2.05, 4.69) is 0 Å². The normalized spacial score (nSPS) is 17.9. The molecule has 3 aliphatic rings. The van der Waals surface area contributed by atoms with Gasteiger partial charge >= 0.3 is 0 Å². The van der Waals surface area contributed by atoms with Gasteiger partial charge in [-0.05, 0) is 72.5 Å². The van der Waals surface area contributed by atoms with Gasteiger partial charge in [-0.2, -0.15) is 0 Å². The highest BCUT2D eigenvalue weighted by atomic mass is 32.1. The van der Waals surface area contributed by atoms with E-state index in [0.29, 0.717) is 36.1 Å². The molecule has 192 valence electrons. The predicted molar refractivity (Wildman–Crippen MR) is 136 cm³/mol. The molecular formula is C28H27FN2O5S. The summed E-state index contributed by atoms with van der Waals surface area (Å²) in [6.45, 7) is 1.29. The van der Waals surface area contributed by atoms with E-state index in [9.17, 15) is 14.0 Å². The van der Waals surface area contributed by atoms with Gasteiger partial charge in [0.2, 0.25) is 12.7 Å². The second-order valence-corrected chi connectivity index (χ2v) is 10.6. The predicted octanol–water partition coefficient (Wildman–Crippen LogP) is 4.67. The van der Waals surface area contributed by atoms with E-state index in [0.717, 1.165) is 24.8 Å². The van der Waals surface area contributed by atoms with E-state index < -0.39 is 5.82 Å². The summed E-state index contributed by atoms with van der Waals surface area (Å²) in [5, 5.41) is 2.01. The number of halogens is 1. The molecule has 37 heavy (non-hydrogen) atoms. The molecule has 1 aromatic heterocycles. The molecule has 0 spiro atoms. The minimum atomic E-state index is -0.438. The summed E-state index contributed by atoms with van der Waals surface area (Å²) in [5.74, 6) is 0.932. The van der Waals surface area contributed by atoms with Crippen molar-refractivity contribution in [2.75, 3.05) is 33.0 Å². The first-order valence-electron chi connectivity index (χ1n) is 12.5. The molecule has 0 bridgehead atoms. The van der Waals surface area contributed by atoms with Crippen LogP contribution in [0.25, 0.3) is 0 Å². The number of benzene rings is 2. The molecule has 9 heteroatoms. The number of thiophene rings is 1. The largest absolute Gasteiger partial charge is 0.488 e. The Morgan fingerprint density at radius 1 is 1.11 bits per heavy atom. The van der Waals surface area contributed by atoms with Crippen LogP contribution in [0.1, 0.15) is 39.7 Å². The first-order valence-corrected chi connectivity index (χ1v) is 13.4. The van der Waals surface area contributed by atoms with Gasteiger partial charge in [0.1, 0.15) is 13.2 Å². The third kappa shape index (κ3) is 5.00. The zero-order chi connectivity index (χ0) is 25.4. The topological polar surface area (TPSA) is 68.3 Å². The molecular weight excluding hydrogens is 495 g/mol. The summed E-state index contributed by atoms with van der Waals surface area (Å²) < 4.78 is 30.9. The molecule has 7 nitrogen and oxygen atoms in total. The van der Waals surface area contributed by atoms with Gasteiger partial charge in [-0.15, -0.1) is 11.3 Å². The Hall–Kier alpha value is -3.59. The number of fused-ring (bicyclic) bond motifs is 2. The first kappa shape index (κ1) is 23.8. The number of para-hydroxylation sites is 1. The van der Waals surface area contributed by atoms with Crippen molar-refractivity contribution in [3.05, 3.63) is 75.7 Å². The van der Waals surface area contributed by atoms with Crippen molar-refractivity contribution in [3.63, 3.8) is 0 Å². The third-order valence-electron chi connectivity index (χ3n) is 7.06. The van der Waals surface area contributed by atoms with Crippen LogP contribution in [0.2, 0.25) is 0 Å². The smallest absolute Gasteiger partial charge is 0.254 e. The van der Waals surface area contributed by atoms with Crippen molar-refractivity contribution in [2.24, 2.45) is 5.92 Å². The lowest BCUT2D eigenvalue weighted by Gasteiger charge is -2.37. The fraction of sp³-hybridized carbons (Fsp3) is 0.357. The zero-order valence-corrected chi connectivity index (χ0v) is 21.0. The number of hydrogen-bond donors (Lipinski definition) is 0. The monoisotopic (exact) mass is 522 g/mol. The Labute approximate surface area is 218 Å². The highest BCUT2D eigenvalue weighted by molar-refractivity contribution is 7.10. The summed E-state index contributed by atoms with van der Waals surface area (Å²) in [6.07, 6.45) is 2.86. The van der Waals surface area contributed by atoms with E-state index in [1.807, 2.05) is 11.4 Å². The number of nitrogens with zero attached hydrogens (tertiary/aromatic N) is 2. The minimum absolute atomic E-state index is 0.0283.